The Morgan fingerprint density at radius 2 is 2.14 bits per heavy atom. The smallest absolute Gasteiger partial charge is 0.126 e. The van der Waals surface area contributed by atoms with Crippen LogP contribution in [0.3, 0.4) is 0 Å². The van der Waals surface area contributed by atoms with Crippen LogP contribution in [0.25, 0.3) is 0 Å². The second-order valence-electron chi connectivity index (χ2n) is 3.15. The summed E-state index contributed by atoms with van der Waals surface area (Å²) in [6.45, 7) is 1.58. The van der Waals surface area contributed by atoms with Crippen molar-refractivity contribution in [2.45, 2.75) is 19.1 Å². The predicted molar refractivity (Wildman–Crippen MR) is 51.6 cm³/mol. The average molecular weight is 199 g/mol. The van der Waals surface area contributed by atoms with Gasteiger partial charge in [-0.3, -0.25) is 0 Å². The molecule has 0 saturated carbocycles. The highest BCUT2D eigenvalue weighted by molar-refractivity contribution is 5.36. The van der Waals surface area contributed by atoms with Crippen molar-refractivity contribution in [3.63, 3.8) is 0 Å². The lowest BCUT2D eigenvalue weighted by atomic mass is 10.0. The first-order valence-electron chi connectivity index (χ1n) is 4.33. The zero-order valence-electron chi connectivity index (χ0n) is 8.20. The molecule has 0 aliphatic heterocycles. The third kappa shape index (κ3) is 2.21. The molecule has 0 saturated heterocycles. The highest BCUT2D eigenvalue weighted by atomic mass is 19.1. The van der Waals surface area contributed by atoms with E-state index >= 15 is 0 Å². The lowest BCUT2D eigenvalue weighted by Crippen LogP contribution is -2.23. The molecule has 2 atom stereocenters. The van der Waals surface area contributed by atoms with Crippen molar-refractivity contribution in [2.75, 3.05) is 7.11 Å². The molecular formula is C10H14FNO2. The largest absolute Gasteiger partial charge is 0.496 e. The van der Waals surface area contributed by atoms with Gasteiger partial charge in [0.15, 0.2) is 0 Å². The van der Waals surface area contributed by atoms with E-state index in [0.29, 0.717) is 11.3 Å². The number of hydrogen-bond acceptors (Lipinski definition) is 3. The van der Waals surface area contributed by atoms with Crippen molar-refractivity contribution in [1.29, 1.82) is 0 Å². The molecule has 0 bridgehead atoms. The van der Waals surface area contributed by atoms with Crippen LogP contribution in [-0.2, 0) is 0 Å². The molecule has 3 nitrogen and oxygen atoms in total. The first-order chi connectivity index (χ1) is 6.56. The number of aliphatic hydroxyl groups excluding tert-OH is 1. The van der Waals surface area contributed by atoms with Crippen molar-refractivity contribution in [3.05, 3.63) is 29.6 Å². The number of aliphatic hydroxyl groups is 1. The summed E-state index contributed by atoms with van der Waals surface area (Å²) in [6.07, 6.45) is -0.700. The lowest BCUT2D eigenvalue weighted by molar-refractivity contribution is 0.162. The maximum absolute atomic E-state index is 12.8. The zero-order valence-corrected chi connectivity index (χ0v) is 8.20. The van der Waals surface area contributed by atoms with Gasteiger partial charge in [0.25, 0.3) is 0 Å². The van der Waals surface area contributed by atoms with E-state index in [1.807, 2.05) is 0 Å². The summed E-state index contributed by atoms with van der Waals surface area (Å²) < 4.78 is 17.8. The van der Waals surface area contributed by atoms with Crippen LogP contribution in [0.5, 0.6) is 5.75 Å². The molecule has 2 unspecified atom stereocenters. The minimum absolute atomic E-state index is 0.360. The first-order valence-corrected chi connectivity index (χ1v) is 4.33. The molecule has 0 heterocycles. The van der Waals surface area contributed by atoms with Gasteiger partial charge in [0.2, 0.25) is 0 Å². The van der Waals surface area contributed by atoms with Gasteiger partial charge in [-0.15, -0.1) is 0 Å². The summed E-state index contributed by atoms with van der Waals surface area (Å²) in [7, 11) is 1.44. The van der Waals surface area contributed by atoms with Crippen LogP contribution in [0.4, 0.5) is 4.39 Å². The Labute approximate surface area is 82.3 Å². The van der Waals surface area contributed by atoms with Gasteiger partial charge >= 0.3 is 0 Å². The molecule has 14 heavy (non-hydrogen) atoms. The van der Waals surface area contributed by atoms with E-state index < -0.39 is 12.1 Å². The normalized spacial score (nSPS) is 14.9. The van der Waals surface area contributed by atoms with Crippen molar-refractivity contribution in [1.82, 2.24) is 0 Å². The Kier molecular flexibility index (Phi) is 3.43. The van der Waals surface area contributed by atoms with Crippen LogP contribution in [0.2, 0.25) is 0 Å². The van der Waals surface area contributed by atoms with E-state index in [4.69, 9.17) is 10.5 Å². The molecule has 1 rings (SSSR count). The van der Waals surface area contributed by atoms with Crippen LogP contribution in [0.15, 0.2) is 18.2 Å². The number of ether oxygens (including phenoxy) is 1. The number of nitrogens with two attached hydrogens (primary N) is 1. The third-order valence-electron chi connectivity index (χ3n) is 2.07. The standard InChI is InChI=1S/C10H14FNO2/c1-6(13)10(12)8-4-3-7(11)5-9(8)14-2/h3-6,10,13H,12H2,1-2H3. The first kappa shape index (κ1) is 10.9. The quantitative estimate of drug-likeness (QED) is 0.769. The Morgan fingerprint density at radius 3 is 2.64 bits per heavy atom. The van der Waals surface area contributed by atoms with E-state index in [-0.39, 0.29) is 5.82 Å². The Bertz CT molecular complexity index is 315. The highest BCUT2D eigenvalue weighted by Gasteiger charge is 2.16. The molecule has 0 spiro atoms. The number of rotatable bonds is 3. The summed E-state index contributed by atoms with van der Waals surface area (Å²) >= 11 is 0. The fourth-order valence-electron chi connectivity index (χ4n) is 1.22. The molecule has 4 heteroatoms. The van der Waals surface area contributed by atoms with E-state index in [9.17, 15) is 9.50 Å². The molecule has 3 N–H and O–H groups in total. The van der Waals surface area contributed by atoms with Gasteiger partial charge in [-0.25, -0.2) is 4.39 Å². The number of methoxy groups -OCH3 is 1. The molecule has 0 aliphatic rings. The summed E-state index contributed by atoms with van der Waals surface area (Å²) in [4.78, 5) is 0. The van der Waals surface area contributed by atoms with Crippen molar-refractivity contribution in [3.8, 4) is 5.75 Å². The summed E-state index contributed by atoms with van der Waals surface area (Å²) in [5.41, 5.74) is 6.31. The number of halogens is 1. The van der Waals surface area contributed by atoms with Crippen LogP contribution in [-0.4, -0.2) is 18.3 Å². The molecule has 0 aliphatic carbocycles. The van der Waals surface area contributed by atoms with E-state index in [0.717, 1.165) is 0 Å². The van der Waals surface area contributed by atoms with Crippen molar-refractivity contribution in [2.24, 2.45) is 5.73 Å². The molecule has 0 aromatic heterocycles. The lowest BCUT2D eigenvalue weighted by Gasteiger charge is -2.17. The Hall–Kier alpha value is -1.13. The number of hydrogen-bond donors (Lipinski definition) is 2. The van der Waals surface area contributed by atoms with Crippen LogP contribution >= 0.6 is 0 Å². The maximum atomic E-state index is 12.8. The van der Waals surface area contributed by atoms with Gasteiger partial charge in [0.05, 0.1) is 19.3 Å². The van der Waals surface area contributed by atoms with Crippen molar-refractivity contribution < 1.29 is 14.2 Å². The van der Waals surface area contributed by atoms with Crippen LogP contribution in [0, 0.1) is 5.82 Å². The molecule has 1 aromatic carbocycles. The second kappa shape index (κ2) is 4.39. The SMILES string of the molecule is COc1cc(F)ccc1C(N)C(C)O. The van der Waals surface area contributed by atoms with Gasteiger partial charge in [0.1, 0.15) is 11.6 Å². The molecular weight excluding hydrogens is 185 g/mol. The monoisotopic (exact) mass is 199 g/mol. The molecule has 0 radical (unpaired) electrons. The van der Waals surface area contributed by atoms with Gasteiger partial charge in [0, 0.05) is 11.6 Å². The predicted octanol–water partition coefficient (Wildman–Crippen LogP) is 1.21. The average Bonchev–Trinajstić information content (AvgIpc) is 2.16. The Balaban J connectivity index is 3.07. The fourth-order valence-corrected chi connectivity index (χ4v) is 1.22. The Morgan fingerprint density at radius 1 is 1.50 bits per heavy atom. The van der Waals surface area contributed by atoms with E-state index in [1.165, 1.54) is 25.3 Å². The van der Waals surface area contributed by atoms with Gasteiger partial charge < -0.3 is 15.6 Å². The van der Waals surface area contributed by atoms with Gasteiger partial charge in [-0.05, 0) is 13.0 Å². The second-order valence-corrected chi connectivity index (χ2v) is 3.15. The van der Waals surface area contributed by atoms with E-state index in [1.54, 1.807) is 6.92 Å². The fraction of sp³-hybridized carbons (Fsp3) is 0.400. The maximum Gasteiger partial charge on any atom is 0.126 e. The zero-order chi connectivity index (χ0) is 10.7. The van der Waals surface area contributed by atoms with Gasteiger partial charge in [-0.1, -0.05) is 6.07 Å². The third-order valence-corrected chi connectivity index (χ3v) is 2.07. The van der Waals surface area contributed by atoms with E-state index in [2.05, 4.69) is 0 Å². The summed E-state index contributed by atoms with van der Waals surface area (Å²) in [5, 5.41) is 9.29. The van der Waals surface area contributed by atoms with Crippen LogP contribution < -0.4 is 10.5 Å². The molecule has 0 fully saturated rings. The minimum Gasteiger partial charge on any atom is -0.496 e. The topological polar surface area (TPSA) is 55.5 Å². The minimum atomic E-state index is -0.700. The molecule has 78 valence electrons. The summed E-state index contributed by atoms with van der Waals surface area (Å²) in [5.74, 6) is -0.0261. The summed E-state index contributed by atoms with van der Waals surface area (Å²) in [6, 6.07) is 3.49. The molecule has 0 amide bonds. The number of benzene rings is 1. The van der Waals surface area contributed by atoms with Gasteiger partial charge in [-0.2, -0.15) is 0 Å². The van der Waals surface area contributed by atoms with Crippen molar-refractivity contribution >= 4 is 0 Å². The van der Waals surface area contributed by atoms with Crippen LogP contribution in [0.1, 0.15) is 18.5 Å². The highest BCUT2D eigenvalue weighted by Crippen LogP contribution is 2.26. The molecule has 1 aromatic rings.